The standard InChI is InChI=1S/6Ag.H2S/h;;;;;;1H2/q;;;;;+1;/p-1. The van der Waals surface area contributed by atoms with E-state index in [2.05, 4.69) is 0 Å². The average Bonchev–Trinajstić information content (AvgIpc) is 0. The molecule has 0 aliphatic rings. The molecule has 0 saturated carbocycles. The van der Waals surface area contributed by atoms with Gasteiger partial charge in [0.1, 0.15) is 0 Å². The fraction of sp³-hybridized carbons (Fsp3) is 0. The van der Waals surface area contributed by atoms with Gasteiger partial charge in [-0.1, -0.05) is 0 Å². The van der Waals surface area contributed by atoms with E-state index < -0.39 is 0 Å². The summed E-state index contributed by atoms with van der Waals surface area (Å²) >= 11 is 0. The van der Waals surface area contributed by atoms with Gasteiger partial charge in [-0.2, -0.15) is 0 Å². The van der Waals surface area contributed by atoms with Crippen LogP contribution in [0.25, 0.3) is 0 Å². The Hall–Kier alpha value is 4.79. The third-order valence-electron chi connectivity index (χ3n) is 0. The fourth-order valence-corrected chi connectivity index (χ4v) is 0. The second-order valence-corrected chi connectivity index (χ2v) is 0. The quantitative estimate of drug-likeness (QED) is 0.193. The molecule has 0 N–H and O–H groups in total. The van der Waals surface area contributed by atoms with Crippen molar-refractivity contribution in [2.75, 3.05) is 0 Å². The third kappa shape index (κ3) is 36.3. The largest absolute Gasteiger partial charge is 1.00 e. The van der Waals surface area contributed by atoms with Gasteiger partial charge in [-0.25, -0.2) is 0 Å². The van der Waals surface area contributed by atoms with Crippen molar-refractivity contribution in [2.45, 2.75) is 0 Å². The van der Waals surface area contributed by atoms with Gasteiger partial charge in [-0.3, -0.25) is 0 Å². The van der Waals surface area contributed by atoms with E-state index in [4.69, 9.17) is 0 Å². The van der Waals surface area contributed by atoms with E-state index in [1.165, 1.54) is 0 Å². The van der Waals surface area contributed by atoms with Crippen molar-refractivity contribution in [3.05, 3.63) is 0 Å². The van der Waals surface area contributed by atoms with E-state index in [-0.39, 0.29) is 148 Å². The monoisotopic (exact) mass is 674 g/mol. The van der Waals surface area contributed by atoms with Crippen LogP contribution >= 0.6 is 0 Å². The molecule has 0 unspecified atom stereocenters. The number of rotatable bonds is 0. The predicted molar refractivity (Wildman–Crippen MR) is 8.76 cm³/mol. The molecular formula is HAg6S. The van der Waals surface area contributed by atoms with Crippen LogP contribution in [0.1, 0.15) is 0 Å². The van der Waals surface area contributed by atoms with Crippen LogP contribution in [0.2, 0.25) is 0 Å². The van der Waals surface area contributed by atoms with E-state index in [0.717, 1.165) is 0 Å². The molecule has 73 valence electrons. The Labute approximate surface area is 144 Å². The van der Waals surface area contributed by atoms with Gasteiger partial charge in [0.2, 0.25) is 0 Å². The van der Waals surface area contributed by atoms with Crippen LogP contribution in [-0.4, -0.2) is 0 Å². The first-order valence-electron chi connectivity index (χ1n) is 0. The Morgan fingerprint density at radius 3 is 0.429 bits per heavy atom. The summed E-state index contributed by atoms with van der Waals surface area (Å²) < 4.78 is 0. The Balaban J connectivity index is 0. The molecule has 0 aliphatic heterocycles. The summed E-state index contributed by atoms with van der Waals surface area (Å²) in [4.78, 5) is 0. The van der Waals surface area contributed by atoms with Gasteiger partial charge >= 0.3 is 22.4 Å². The summed E-state index contributed by atoms with van der Waals surface area (Å²) in [5.74, 6) is 0. The van der Waals surface area contributed by atoms with Crippen LogP contribution in [0.3, 0.4) is 0 Å². The molecule has 0 saturated heterocycles. The van der Waals surface area contributed by atoms with Gasteiger partial charge in [0.05, 0.1) is 0 Å². The van der Waals surface area contributed by atoms with Gasteiger partial charge in [0.15, 0.2) is 0 Å². The number of hydrogen-bond acceptors (Lipinski definition) is 1. The van der Waals surface area contributed by atoms with E-state index >= 15 is 0 Å². The Morgan fingerprint density at radius 1 is 0.429 bits per heavy atom. The van der Waals surface area contributed by atoms with Crippen molar-refractivity contribution in [1.82, 2.24) is 0 Å². The summed E-state index contributed by atoms with van der Waals surface area (Å²) in [6.07, 6.45) is 0. The molecule has 0 aromatic carbocycles. The third-order valence-corrected chi connectivity index (χ3v) is 0. The van der Waals surface area contributed by atoms with E-state index in [0.29, 0.717) is 0 Å². The zero-order chi connectivity index (χ0) is 0. The van der Waals surface area contributed by atoms with Crippen molar-refractivity contribution >= 4 is 13.5 Å². The minimum atomic E-state index is 0. The molecule has 0 atom stereocenters. The normalized spacial score (nSPS) is 0. The first kappa shape index (κ1) is 59.8. The summed E-state index contributed by atoms with van der Waals surface area (Å²) in [5, 5.41) is 0. The van der Waals surface area contributed by atoms with Crippen molar-refractivity contribution < 1.29 is 134 Å². The number of hydrogen-bond donors (Lipinski definition) is 0. The molecule has 5 radical (unpaired) electrons. The van der Waals surface area contributed by atoms with Crippen LogP contribution in [0.5, 0.6) is 0 Å². The SMILES string of the molecule is [Ag+].[Ag].[Ag].[Ag].[Ag].[Ag].[SH-]. The van der Waals surface area contributed by atoms with Crippen molar-refractivity contribution in [1.29, 1.82) is 0 Å². The van der Waals surface area contributed by atoms with Crippen LogP contribution in [0.15, 0.2) is 0 Å². The smallest absolute Gasteiger partial charge is 0.813 e. The fourth-order valence-electron chi connectivity index (χ4n) is 0. The van der Waals surface area contributed by atoms with Crippen LogP contribution in [-0.2, 0) is 148 Å². The molecule has 0 aromatic rings. The molecule has 0 heterocycles. The number of thiol groups is 1. The zero-order valence-corrected chi connectivity index (χ0v) is 12.0. The molecule has 0 nitrogen and oxygen atoms in total. The van der Waals surface area contributed by atoms with Crippen LogP contribution in [0, 0.1) is 0 Å². The molecule has 7 heavy (non-hydrogen) atoms. The maximum atomic E-state index is 0. The van der Waals surface area contributed by atoms with E-state index in [1.807, 2.05) is 0 Å². The van der Waals surface area contributed by atoms with E-state index in [9.17, 15) is 0 Å². The molecule has 0 aliphatic carbocycles. The average molecular weight is 680 g/mol. The van der Waals surface area contributed by atoms with Gasteiger partial charge in [-0.15, -0.1) is 0 Å². The van der Waals surface area contributed by atoms with Crippen LogP contribution in [0.4, 0.5) is 0 Å². The summed E-state index contributed by atoms with van der Waals surface area (Å²) in [7, 11) is 0. The van der Waals surface area contributed by atoms with Gasteiger partial charge in [0.25, 0.3) is 0 Å². The molecule has 0 spiro atoms. The maximum absolute atomic E-state index is 0. The van der Waals surface area contributed by atoms with Crippen molar-refractivity contribution in [3.8, 4) is 0 Å². The zero-order valence-electron chi connectivity index (χ0n) is 2.26. The molecule has 0 rings (SSSR count). The van der Waals surface area contributed by atoms with Gasteiger partial charge in [0, 0.05) is 112 Å². The minimum Gasteiger partial charge on any atom is -0.813 e. The molecule has 0 bridgehead atoms. The molecule has 0 aromatic heterocycles. The summed E-state index contributed by atoms with van der Waals surface area (Å²) in [6.45, 7) is 0. The Bertz CT molecular complexity index is 4.14. The topological polar surface area (TPSA) is 0 Å². The van der Waals surface area contributed by atoms with Crippen molar-refractivity contribution in [3.63, 3.8) is 0 Å². The first-order valence-corrected chi connectivity index (χ1v) is 0. The van der Waals surface area contributed by atoms with Gasteiger partial charge < -0.3 is 13.5 Å². The second kappa shape index (κ2) is 45.1. The van der Waals surface area contributed by atoms with Gasteiger partial charge in [-0.05, 0) is 0 Å². The van der Waals surface area contributed by atoms with E-state index in [1.54, 1.807) is 0 Å². The maximum Gasteiger partial charge on any atom is 1.00 e. The van der Waals surface area contributed by atoms with Crippen LogP contribution < -0.4 is 0 Å². The Morgan fingerprint density at radius 2 is 0.429 bits per heavy atom. The molecule has 7 heteroatoms. The Kier molecular flexibility index (Phi) is 385. The first-order chi connectivity index (χ1) is 0. The summed E-state index contributed by atoms with van der Waals surface area (Å²) in [6, 6.07) is 0. The molecule has 0 amide bonds. The minimum absolute atomic E-state index is 0. The summed E-state index contributed by atoms with van der Waals surface area (Å²) in [5.41, 5.74) is 0. The predicted octanol–water partition coefficient (Wildman–Crippen LogP) is -0.285. The van der Waals surface area contributed by atoms with Crippen molar-refractivity contribution in [2.24, 2.45) is 0 Å². The molecular weight excluding hydrogens is 679 g/mol. The molecule has 0 fully saturated rings. The second-order valence-electron chi connectivity index (χ2n) is 0.